The molecular formula is C19H38N2O. The summed E-state index contributed by atoms with van der Waals surface area (Å²) in [5.41, 5.74) is 0.655. The first kappa shape index (κ1) is 18.2. The van der Waals surface area contributed by atoms with Crippen molar-refractivity contribution in [3.8, 4) is 0 Å². The van der Waals surface area contributed by atoms with E-state index in [1.54, 1.807) is 0 Å². The average Bonchev–Trinajstić information content (AvgIpc) is 2.45. The Morgan fingerprint density at radius 2 is 1.77 bits per heavy atom. The van der Waals surface area contributed by atoms with Crippen LogP contribution in [0.25, 0.3) is 0 Å². The van der Waals surface area contributed by atoms with Crippen molar-refractivity contribution in [3.05, 3.63) is 0 Å². The Kier molecular flexibility index (Phi) is 5.95. The lowest BCUT2D eigenvalue weighted by Gasteiger charge is -2.45. The molecule has 0 bridgehead atoms. The third kappa shape index (κ3) is 4.69. The van der Waals surface area contributed by atoms with Gasteiger partial charge in [0.25, 0.3) is 0 Å². The molecule has 0 saturated carbocycles. The minimum atomic E-state index is 0.248. The molecule has 130 valence electrons. The Balaban J connectivity index is 1.85. The highest BCUT2D eigenvalue weighted by atomic mass is 16.5. The normalized spacial score (nSPS) is 29.7. The van der Waals surface area contributed by atoms with Crippen molar-refractivity contribution >= 4 is 0 Å². The zero-order chi connectivity index (χ0) is 16.4. The van der Waals surface area contributed by atoms with E-state index < -0.39 is 0 Å². The summed E-state index contributed by atoms with van der Waals surface area (Å²) in [5.74, 6) is 0. The maximum absolute atomic E-state index is 5.99. The van der Waals surface area contributed by atoms with Gasteiger partial charge in [0, 0.05) is 19.1 Å². The summed E-state index contributed by atoms with van der Waals surface area (Å²) in [6, 6.07) is 0.751. The van der Waals surface area contributed by atoms with Gasteiger partial charge in [0.2, 0.25) is 0 Å². The fourth-order valence-electron chi connectivity index (χ4n) is 4.10. The number of hydrogen-bond donors (Lipinski definition) is 0. The van der Waals surface area contributed by atoms with Crippen LogP contribution in [0.4, 0.5) is 0 Å². The second kappa shape index (κ2) is 7.19. The van der Waals surface area contributed by atoms with Crippen molar-refractivity contribution in [1.29, 1.82) is 0 Å². The van der Waals surface area contributed by atoms with Gasteiger partial charge in [0.1, 0.15) is 0 Å². The topological polar surface area (TPSA) is 15.7 Å². The van der Waals surface area contributed by atoms with E-state index in [1.807, 2.05) is 0 Å². The van der Waals surface area contributed by atoms with Crippen LogP contribution in [0, 0.1) is 10.8 Å². The fourth-order valence-corrected chi connectivity index (χ4v) is 4.10. The molecule has 2 unspecified atom stereocenters. The molecule has 0 radical (unpaired) electrons. The SMILES string of the molecule is CN1CCCCC1C(C)(C)CCN1CCOC(C(C)(C)C)C1. The lowest BCUT2D eigenvalue weighted by atomic mass is 9.76. The third-order valence-corrected chi connectivity index (χ3v) is 5.86. The predicted molar refractivity (Wildman–Crippen MR) is 94.3 cm³/mol. The van der Waals surface area contributed by atoms with Gasteiger partial charge in [-0.2, -0.15) is 0 Å². The Hall–Kier alpha value is -0.120. The summed E-state index contributed by atoms with van der Waals surface area (Å²) in [6.07, 6.45) is 5.82. The first-order chi connectivity index (χ1) is 10.2. The van der Waals surface area contributed by atoms with Crippen molar-refractivity contribution in [2.24, 2.45) is 10.8 Å². The van der Waals surface area contributed by atoms with Crippen LogP contribution in [0.1, 0.15) is 60.3 Å². The quantitative estimate of drug-likeness (QED) is 0.788. The van der Waals surface area contributed by atoms with Gasteiger partial charge in [-0.3, -0.25) is 4.90 Å². The van der Waals surface area contributed by atoms with Gasteiger partial charge in [-0.1, -0.05) is 41.0 Å². The van der Waals surface area contributed by atoms with Crippen molar-refractivity contribution in [2.75, 3.05) is 39.8 Å². The summed E-state index contributed by atoms with van der Waals surface area (Å²) in [5, 5.41) is 0. The zero-order valence-electron chi connectivity index (χ0n) is 15.8. The van der Waals surface area contributed by atoms with Gasteiger partial charge in [-0.05, 0) is 50.2 Å². The minimum absolute atomic E-state index is 0.248. The molecule has 0 amide bonds. The monoisotopic (exact) mass is 310 g/mol. The van der Waals surface area contributed by atoms with E-state index in [0.717, 1.165) is 25.7 Å². The van der Waals surface area contributed by atoms with Crippen LogP contribution < -0.4 is 0 Å². The average molecular weight is 311 g/mol. The van der Waals surface area contributed by atoms with Crippen LogP contribution in [-0.4, -0.2) is 61.8 Å². The molecule has 0 N–H and O–H groups in total. The molecule has 3 nitrogen and oxygen atoms in total. The predicted octanol–water partition coefficient (Wildman–Crippen LogP) is 3.63. The van der Waals surface area contributed by atoms with Crippen LogP contribution in [0.15, 0.2) is 0 Å². The molecule has 0 aromatic heterocycles. The molecular weight excluding hydrogens is 272 g/mol. The number of likely N-dealkylation sites (tertiary alicyclic amines) is 1. The van der Waals surface area contributed by atoms with E-state index in [0.29, 0.717) is 11.5 Å². The van der Waals surface area contributed by atoms with E-state index in [2.05, 4.69) is 51.5 Å². The van der Waals surface area contributed by atoms with Gasteiger partial charge in [0.05, 0.1) is 12.7 Å². The molecule has 3 heteroatoms. The van der Waals surface area contributed by atoms with Gasteiger partial charge < -0.3 is 9.64 Å². The molecule has 2 fully saturated rings. The minimum Gasteiger partial charge on any atom is -0.375 e. The van der Waals surface area contributed by atoms with E-state index in [1.165, 1.54) is 38.8 Å². The molecule has 2 rings (SSSR count). The second-order valence-corrected chi connectivity index (χ2v) is 9.26. The van der Waals surface area contributed by atoms with Crippen LogP contribution in [-0.2, 0) is 4.74 Å². The number of rotatable bonds is 4. The van der Waals surface area contributed by atoms with Crippen LogP contribution >= 0.6 is 0 Å². The van der Waals surface area contributed by atoms with E-state index in [-0.39, 0.29) is 5.41 Å². The smallest absolute Gasteiger partial charge is 0.0750 e. The molecule has 2 aliphatic heterocycles. The highest BCUT2D eigenvalue weighted by Crippen LogP contribution is 2.35. The molecule has 0 aliphatic carbocycles. The highest BCUT2D eigenvalue weighted by Gasteiger charge is 2.35. The number of hydrogen-bond acceptors (Lipinski definition) is 3. The molecule has 0 aromatic rings. The lowest BCUT2D eigenvalue weighted by molar-refractivity contribution is -0.0824. The van der Waals surface area contributed by atoms with Crippen molar-refractivity contribution in [2.45, 2.75) is 72.4 Å². The number of nitrogens with zero attached hydrogens (tertiary/aromatic N) is 2. The summed E-state index contributed by atoms with van der Waals surface area (Å²) in [7, 11) is 2.32. The van der Waals surface area contributed by atoms with E-state index >= 15 is 0 Å². The van der Waals surface area contributed by atoms with Gasteiger partial charge in [-0.25, -0.2) is 0 Å². The number of morpholine rings is 1. The first-order valence-corrected chi connectivity index (χ1v) is 9.24. The fraction of sp³-hybridized carbons (Fsp3) is 1.00. The summed E-state index contributed by atoms with van der Waals surface area (Å²) in [4.78, 5) is 5.23. The maximum atomic E-state index is 5.99. The second-order valence-electron chi connectivity index (χ2n) is 9.26. The maximum Gasteiger partial charge on any atom is 0.0750 e. The lowest BCUT2D eigenvalue weighted by Crippen LogP contribution is -2.50. The molecule has 0 spiro atoms. The molecule has 2 atom stereocenters. The summed E-state index contributed by atoms with van der Waals surface area (Å²) >= 11 is 0. The molecule has 2 aliphatic rings. The van der Waals surface area contributed by atoms with E-state index in [9.17, 15) is 0 Å². The summed E-state index contributed by atoms with van der Waals surface area (Å²) in [6.45, 7) is 17.4. The highest BCUT2D eigenvalue weighted by molar-refractivity contribution is 4.89. The van der Waals surface area contributed by atoms with Crippen LogP contribution in [0.3, 0.4) is 0 Å². The van der Waals surface area contributed by atoms with Crippen LogP contribution in [0.5, 0.6) is 0 Å². The Labute approximate surface area is 138 Å². The largest absolute Gasteiger partial charge is 0.375 e. The van der Waals surface area contributed by atoms with Crippen molar-refractivity contribution < 1.29 is 4.74 Å². The molecule has 22 heavy (non-hydrogen) atoms. The summed E-state index contributed by atoms with van der Waals surface area (Å²) < 4.78 is 5.99. The van der Waals surface area contributed by atoms with Crippen molar-refractivity contribution in [3.63, 3.8) is 0 Å². The Morgan fingerprint density at radius 3 is 2.41 bits per heavy atom. The molecule has 0 aromatic carbocycles. The third-order valence-electron chi connectivity index (χ3n) is 5.86. The van der Waals surface area contributed by atoms with Gasteiger partial charge >= 0.3 is 0 Å². The Morgan fingerprint density at radius 1 is 1.05 bits per heavy atom. The zero-order valence-corrected chi connectivity index (χ0v) is 15.8. The van der Waals surface area contributed by atoms with E-state index in [4.69, 9.17) is 4.74 Å². The molecule has 2 heterocycles. The Bertz CT molecular complexity index is 348. The number of ether oxygens (including phenoxy) is 1. The van der Waals surface area contributed by atoms with Gasteiger partial charge in [-0.15, -0.1) is 0 Å². The standard InChI is InChI=1S/C19H38N2O/c1-18(2,3)17-15-21(13-14-22-17)12-10-19(4,5)16-9-7-8-11-20(16)6/h16-17H,7-15H2,1-6H3. The van der Waals surface area contributed by atoms with Crippen molar-refractivity contribution in [1.82, 2.24) is 9.80 Å². The number of piperidine rings is 1. The first-order valence-electron chi connectivity index (χ1n) is 9.24. The van der Waals surface area contributed by atoms with Gasteiger partial charge in [0.15, 0.2) is 0 Å². The van der Waals surface area contributed by atoms with Crippen LogP contribution in [0.2, 0.25) is 0 Å². The molecule has 2 saturated heterocycles.